The van der Waals surface area contributed by atoms with Crippen molar-refractivity contribution in [3.05, 3.63) is 22.7 Å². The molecule has 2 amide bonds. The summed E-state index contributed by atoms with van der Waals surface area (Å²) in [6, 6.07) is 3.18. The molecule has 112 valence electrons. The largest absolute Gasteiger partial charge is 0.495 e. The lowest BCUT2D eigenvalue weighted by Gasteiger charge is -2.13. The smallest absolute Gasteiger partial charge is 0.319 e. The van der Waals surface area contributed by atoms with Gasteiger partial charge in [-0.2, -0.15) is 0 Å². The highest BCUT2D eigenvalue weighted by Crippen LogP contribution is 2.30. The van der Waals surface area contributed by atoms with Gasteiger partial charge in [0.25, 0.3) is 0 Å². The van der Waals surface area contributed by atoms with Crippen molar-refractivity contribution in [2.45, 2.75) is 20.3 Å². The fourth-order valence-electron chi connectivity index (χ4n) is 1.62. The number of nitrogens with one attached hydrogen (secondary N) is 2. The number of urea groups is 1. The van der Waals surface area contributed by atoms with Crippen molar-refractivity contribution < 1.29 is 14.3 Å². The van der Waals surface area contributed by atoms with E-state index < -0.39 is 0 Å². The summed E-state index contributed by atoms with van der Waals surface area (Å²) in [6.45, 7) is 5.69. The summed E-state index contributed by atoms with van der Waals surface area (Å²) in [6.07, 6.45) is 0.776. The summed E-state index contributed by atoms with van der Waals surface area (Å²) >= 11 is 6.01. The molecule has 0 spiro atoms. The molecule has 1 aromatic rings. The highest BCUT2D eigenvalue weighted by molar-refractivity contribution is 6.31. The van der Waals surface area contributed by atoms with Crippen LogP contribution in [0.1, 0.15) is 18.9 Å². The molecule has 5 nitrogen and oxygen atoms in total. The fourth-order valence-corrected chi connectivity index (χ4v) is 1.77. The number of hydrogen-bond acceptors (Lipinski definition) is 3. The van der Waals surface area contributed by atoms with Gasteiger partial charge >= 0.3 is 6.03 Å². The molecule has 20 heavy (non-hydrogen) atoms. The number of halogens is 1. The van der Waals surface area contributed by atoms with Crippen molar-refractivity contribution in [2.75, 3.05) is 32.2 Å². The van der Waals surface area contributed by atoms with E-state index in [9.17, 15) is 4.79 Å². The number of methoxy groups -OCH3 is 1. The third kappa shape index (κ3) is 5.27. The Balaban J connectivity index is 2.51. The lowest BCUT2D eigenvalue weighted by Crippen LogP contribution is -2.30. The number of carbonyl (C=O) groups is 1. The average Bonchev–Trinajstić information content (AvgIpc) is 2.42. The van der Waals surface area contributed by atoms with Gasteiger partial charge in [-0.1, -0.05) is 11.6 Å². The summed E-state index contributed by atoms with van der Waals surface area (Å²) in [5.74, 6) is 0.532. The van der Waals surface area contributed by atoms with Crippen molar-refractivity contribution in [1.29, 1.82) is 0 Å². The summed E-state index contributed by atoms with van der Waals surface area (Å²) in [5.41, 5.74) is 1.47. The summed E-state index contributed by atoms with van der Waals surface area (Å²) in [7, 11) is 1.53. The van der Waals surface area contributed by atoms with Gasteiger partial charge in [-0.3, -0.25) is 0 Å². The van der Waals surface area contributed by atoms with Crippen LogP contribution < -0.4 is 15.4 Å². The quantitative estimate of drug-likeness (QED) is 0.760. The van der Waals surface area contributed by atoms with Crippen LogP contribution in [-0.2, 0) is 4.74 Å². The van der Waals surface area contributed by atoms with Crippen LogP contribution in [0.5, 0.6) is 5.75 Å². The van der Waals surface area contributed by atoms with Crippen LogP contribution in [0, 0.1) is 6.92 Å². The molecule has 0 saturated carbocycles. The number of rotatable bonds is 7. The summed E-state index contributed by atoms with van der Waals surface area (Å²) < 4.78 is 10.4. The van der Waals surface area contributed by atoms with Crippen molar-refractivity contribution in [1.82, 2.24) is 5.32 Å². The average molecular weight is 301 g/mol. The molecule has 0 aliphatic heterocycles. The Kier molecular flexibility index (Phi) is 7.18. The van der Waals surface area contributed by atoms with E-state index in [-0.39, 0.29) is 6.03 Å². The van der Waals surface area contributed by atoms with E-state index in [1.54, 1.807) is 12.1 Å². The van der Waals surface area contributed by atoms with Gasteiger partial charge in [-0.05, 0) is 31.9 Å². The predicted molar refractivity (Wildman–Crippen MR) is 80.9 cm³/mol. The Labute approximate surface area is 124 Å². The Morgan fingerprint density at radius 3 is 2.80 bits per heavy atom. The first-order chi connectivity index (χ1) is 9.58. The molecule has 0 unspecified atom stereocenters. The van der Waals surface area contributed by atoms with E-state index in [2.05, 4.69) is 10.6 Å². The van der Waals surface area contributed by atoms with Crippen LogP contribution in [0.2, 0.25) is 5.02 Å². The van der Waals surface area contributed by atoms with Gasteiger partial charge in [0.05, 0.1) is 12.8 Å². The van der Waals surface area contributed by atoms with Gasteiger partial charge in [-0.25, -0.2) is 4.79 Å². The van der Waals surface area contributed by atoms with Gasteiger partial charge in [0.15, 0.2) is 0 Å². The topological polar surface area (TPSA) is 59.6 Å². The van der Waals surface area contributed by atoms with Crippen molar-refractivity contribution in [2.24, 2.45) is 0 Å². The number of aryl methyl sites for hydroxylation is 1. The molecule has 0 aliphatic carbocycles. The molecular formula is C14H21ClN2O3. The Morgan fingerprint density at radius 1 is 1.40 bits per heavy atom. The standard InChI is InChI=1S/C14H21ClN2O3/c1-4-20-7-5-6-16-14(18)17-12-8-10(2)11(15)9-13(12)19-3/h8-9H,4-7H2,1-3H3,(H2,16,17,18). The van der Waals surface area contributed by atoms with E-state index in [4.69, 9.17) is 21.1 Å². The highest BCUT2D eigenvalue weighted by atomic mass is 35.5. The van der Waals surface area contributed by atoms with Gasteiger partial charge in [0, 0.05) is 30.8 Å². The summed E-state index contributed by atoms with van der Waals surface area (Å²) in [5, 5.41) is 6.10. The monoisotopic (exact) mass is 300 g/mol. The van der Waals surface area contributed by atoms with Gasteiger partial charge < -0.3 is 20.1 Å². The van der Waals surface area contributed by atoms with E-state index in [1.165, 1.54) is 7.11 Å². The molecule has 0 aliphatic rings. The van der Waals surface area contributed by atoms with Crippen molar-refractivity contribution >= 4 is 23.3 Å². The minimum Gasteiger partial charge on any atom is -0.495 e. The highest BCUT2D eigenvalue weighted by Gasteiger charge is 2.09. The molecular weight excluding hydrogens is 280 g/mol. The lowest BCUT2D eigenvalue weighted by molar-refractivity contribution is 0.145. The molecule has 0 fully saturated rings. The molecule has 2 N–H and O–H groups in total. The number of anilines is 1. The van der Waals surface area contributed by atoms with Crippen molar-refractivity contribution in [3.63, 3.8) is 0 Å². The number of amides is 2. The fraction of sp³-hybridized carbons (Fsp3) is 0.500. The molecule has 0 atom stereocenters. The second-order valence-electron chi connectivity index (χ2n) is 4.23. The predicted octanol–water partition coefficient (Wildman–Crippen LogP) is 3.21. The molecule has 0 radical (unpaired) electrons. The van der Waals surface area contributed by atoms with Gasteiger partial charge in [-0.15, -0.1) is 0 Å². The zero-order valence-corrected chi connectivity index (χ0v) is 12.8. The van der Waals surface area contributed by atoms with Crippen LogP contribution in [0.3, 0.4) is 0 Å². The van der Waals surface area contributed by atoms with Crippen LogP contribution in [0.4, 0.5) is 10.5 Å². The Hall–Kier alpha value is -1.46. The maximum Gasteiger partial charge on any atom is 0.319 e. The maximum absolute atomic E-state index is 11.8. The molecule has 0 aromatic heterocycles. The number of carbonyl (C=O) groups excluding carboxylic acids is 1. The normalized spacial score (nSPS) is 10.2. The van der Waals surface area contributed by atoms with Crippen LogP contribution in [0.15, 0.2) is 12.1 Å². The molecule has 6 heteroatoms. The van der Waals surface area contributed by atoms with Gasteiger partial charge in [0.1, 0.15) is 5.75 Å². The first kappa shape index (κ1) is 16.6. The third-order valence-electron chi connectivity index (χ3n) is 2.68. The van der Waals surface area contributed by atoms with E-state index in [0.717, 1.165) is 12.0 Å². The second-order valence-corrected chi connectivity index (χ2v) is 4.64. The molecule has 0 heterocycles. The van der Waals surface area contributed by atoms with Crippen LogP contribution >= 0.6 is 11.6 Å². The first-order valence-corrected chi connectivity index (χ1v) is 6.93. The van der Waals surface area contributed by atoms with Crippen LogP contribution in [-0.4, -0.2) is 32.9 Å². The summed E-state index contributed by atoms with van der Waals surface area (Å²) in [4.78, 5) is 11.8. The maximum atomic E-state index is 11.8. The minimum absolute atomic E-state index is 0.276. The SMILES string of the molecule is CCOCCCNC(=O)Nc1cc(C)c(Cl)cc1OC. The Morgan fingerprint density at radius 2 is 2.15 bits per heavy atom. The minimum atomic E-state index is -0.276. The van der Waals surface area contributed by atoms with E-state index in [0.29, 0.717) is 36.2 Å². The van der Waals surface area contributed by atoms with Gasteiger partial charge in [0.2, 0.25) is 0 Å². The molecule has 0 bridgehead atoms. The Bertz CT molecular complexity index is 452. The third-order valence-corrected chi connectivity index (χ3v) is 3.09. The lowest BCUT2D eigenvalue weighted by atomic mass is 10.2. The molecule has 1 aromatic carbocycles. The zero-order chi connectivity index (χ0) is 15.0. The molecule has 1 rings (SSSR count). The number of ether oxygens (including phenoxy) is 2. The number of hydrogen-bond donors (Lipinski definition) is 2. The molecule has 0 saturated heterocycles. The van der Waals surface area contributed by atoms with Crippen molar-refractivity contribution in [3.8, 4) is 5.75 Å². The number of benzene rings is 1. The first-order valence-electron chi connectivity index (χ1n) is 6.55. The second kappa shape index (κ2) is 8.66. The van der Waals surface area contributed by atoms with E-state index in [1.807, 2.05) is 13.8 Å². The van der Waals surface area contributed by atoms with E-state index >= 15 is 0 Å². The van der Waals surface area contributed by atoms with Crippen LogP contribution in [0.25, 0.3) is 0 Å². The zero-order valence-electron chi connectivity index (χ0n) is 12.1.